The minimum Gasteiger partial charge on any atom is -0.353 e. The maximum absolute atomic E-state index is 7.55. The second-order valence-electron chi connectivity index (χ2n) is 13.8. The van der Waals surface area contributed by atoms with E-state index >= 15 is 0 Å². The van der Waals surface area contributed by atoms with Crippen molar-refractivity contribution in [3.8, 4) is 0 Å². The highest BCUT2D eigenvalue weighted by Crippen LogP contribution is 2.70. The van der Waals surface area contributed by atoms with Crippen molar-refractivity contribution in [2.75, 3.05) is 26.2 Å². The Kier molecular flexibility index (Phi) is 5.53. The van der Waals surface area contributed by atoms with Crippen LogP contribution < -0.4 is 0 Å². The molecule has 0 radical (unpaired) electrons. The van der Waals surface area contributed by atoms with E-state index in [0.717, 1.165) is 31.5 Å². The molecule has 6 atom stereocenters. The van der Waals surface area contributed by atoms with E-state index in [1.54, 1.807) is 0 Å². The van der Waals surface area contributed by atoms with Gasteiger partial charge >= 0.3 is 0 Å². The zero-order valence-corrected chi connectivity index (χ0v) is 24.2. The van der Waals surface area contributed by atoms with Gasteiger partial charge in [0.1, 0.15) is 11.3 Å². The SMILES string of the molecule is C1=C(c2nccc3c2[nH]c2ccccc23)C2CCN3CCCC/C=C\CC[C@]14O[C@@]15/C=C\CCCCN1[C@H]4[C@]2(C3)C5. The van der Waals surface area contributed by atoms with Crippen molar-refractivity contribution in [2.45, 2.75) is 81.6 Å². The summed E-state index contributed by atoms with van der Waals surface area (Å²) < 4.78 is 7.55. The van der Waals surface area contributed by atoms with E-state index in [-0.39, 0.29) is 16.7 Å². The fourth-order valence-electron chi connectivity index (χ4n) is 10.2. The van der Waals surface area contributed by atoms with Gasteiger partial charge in [0.2, 0.25) is 0 Å². The number of pyridine rings is 1. The average molecular weight is 547 g/mol. The summed E-state index contributed by atoms with van der Waals surface area (Å²) in [7, 11) is 0. The van der Waals surface area contributed by atoms with Crippen LogP contribution in [-0.2, 0) is 4.74 Å². The molecule has 212 valence electrons. The molecule has 1 aliphatic carbocycles. The number of hydrogen-bond donors (Lipinski definition) is 1. The molecule has 5 bridgehead atoms. The van der Waals surface area contributed by atoms with E-state index < -0.39 is 0 Å². The van der Waals surface area contributed by atoms with Crippen molar-refractivity contribution >= 4 is 27.4 Å². The number of nitrogens with one attached hydrogen (secondary N) is 1. The second kappa shape index (κ2) is 9.13. The lowest BCUT2D eigenvalue weighted by atomic mass is 9.53. The van der Waals surface area contributed by atoms with Crippen LogP contribution in [0.2, 0.25) is 0 Å². The summed E-state index contributed by atoms with van der Waals surface area (Å²) in [5, 5.41) is 2.58. The summed E-state index contributed by atoms with van der Waals surface area (Å²) in [6.45, 7) is 4.75. The smallest absolute Gasteiger partial charge is 0.143 e. The monoisotopic (exact) mass is 546 g/mol. The highest BCUT2D eigenvalue weighted by Gasteiger charge is 2.76. The third-order valence-electron chi connectivity index (χ3n) is 11.5. The third kappa shape index (κ3) is 3.49. The molecule has 0 saturated carbocycles. The van der Waals surface area contributed by atoms with Crippen molar-refractivity contribution in [3.63, 3.8) is 0 Å². The van der Waals surface area contributed by atoms with Crippen LogP contribution in [0.25, 0.3) is 27.4 Å². The van der Waals surface area contributed by atoms with Crippen LogP contribution in [0.5, 0.6) is 0 Å². The number of fused-ring (bicyclic) bond motifs is 4. The number of allylic oxidation sites excluding steroid dienone is 4. The summed E-state index contributed by atoms with van der Waals surface area (Å²) in [5.74, 6) is 0.490. The first-order valence-corrected chi connectivity index (χ1v) is 16.3. The lowest BCUT2D eigenvalue weighted by Crippen LogP contribution is -2.65. The Morgan fingerprint density at radius 2 is 1.78 bits per heavy atom. The minimum absolute atomic E-state index is 0.170. The second-order valence-corrected chi connectivity index (χ2v) is 13.8. The van der Waals surface area contributed by atoms with Gasteiger partial charge in [-0.05, 0) is 107 Å². The number of ether oxygens (including phenoxy) is 1. The molecule has 5 nitrogen and oxygen atoms in total. The minimum atomic E-state index is -0.296. The van der Waals surface area contributed by atoms with Crippen molar-refractivity contribution in [3.05, 3.63) is 72.6 Å². The summed E-state index contributed by atoms with van der Waals surface area (Å²) in [6.07, 6.45) is 26.4. The van der Waals surface area contributed by atoms with E-state index in [1.165, 1.54) is 92.0 Å². The quantitative estimate of drug-likeness (QED) is 0.327. The van der Waals surface area contributed by atoms with Crippen molar-refractivity contribution in [2.24, 2.45) is 11.3 Å². The topological polar surface area (TPSA) is 44.4 Å². The Bertz CT molecular complexity index is 1600. The van der Waals surface area contributed by atoms with Gasteiger partial charge in [0.05, 0.1) is 17.3 Å². The van der Waals surface area contributed by atoms with Gasteiger partial charge in [-0.25, -0.2) is 0 Å². The maximum Gasteiger partial charge on any atom is 0.143 e. The molecule has 2 aromatic heterocycles. The van der Waals surface area contributed by atoms with E-state index in [1.807, 2.05) is 6.20 Å². The number of benzene rings is 1. The lowest BCUT2D eigenvalue weighted by Gasteiger charge is -2.59. The summed E-state index contributed by atoms with van der Waals surface area (Å²) in [6, 6.07) is 11.3. The van der Waals surface area contributed by atoms with Gasteiger partial charge in [0, 0.05) is 47.4 Å². The van der Waals surface area contributed by atoms with Gasteiger partial charge in [0.25, 0.3) is 0 Å². The molecule has 0 amide bonds. The van der Waals surface area contributed by atoms with E-state index in [9.17, 15) is 0 Å². The van der Waals surface area contributed by atoms with Crippen LogP contribution in [0, 0.1) is 11.3 Å². The molecular weight excluding hydrogens is 504 g/mol. The average Bonchev–Trinajstić information content (AvgIpc) is 3.55. The van der Waals surface area contributed by atoms with Gasteiger partial charge in [-0.3, -0.25) is 9.88 Å². The van der Waals surface area contributed by atoms with Crippen molar-refractivity contribution in [1.82, 2.24) is 19.8 Å². The third-order valence-corrected chi connectivity index (χ3v) is 11.5. The lowest BCUT2D eigenvalue weighted by molar-refractivity contribution is -0.154. The van der Waals surface area contributed by atoms with Crippen LogP contribution in [0.3, 0.4) is 0 Å². The molecule has 1 N–H and O–H groups in total. The molecule has 5 aliphatic heterocycles. The molecule has 6 aliphatic rings. The predicted molar refractivity (Wildman–Crippen MR) is 165 cm³/mol. The number of hydrogen-bond acceptors (Lipinski definition) is 4. The predicted octanol–water partition coefficient (Wildman–Crippen LogP) is 7.22. The number of aromatic amines is 1. The zero-order valence-electron chi connectivity index (χ0n) is 24.2. The highest BCUT2D eigenvalue weighted by molar-refractivity contribution is 6.09. The Labute approximate surface area is 243 Å². The number of para-hydroxylation sites is 1. The molecule has 3 fully saturated rings. The molecule has 3 aromatic rings. The first-order chi connectivity index (χ1) is 20.2. The molecule has 2 unspecified atom stereocenters. The Balaban J connectivity index is 1.29. The van der Waals surface area contributed by atoms with Crippen molar-refractivity contribution < 1.29 is 4.74 Å². The molecule has 1 aromatic carbocycles. The van der Waals surface area contributed by atoms with Gasteiger partial charge in [-0.1, -0.05) is 36.4 Å². The normalized spacial score (nSPS) is 40.2. The molecule has 9 rings (SSSR count). The van der Waals surface area contributed by atoms with E-state index in [4.69, 9.17) is 9.72 Å². The number of H-pyrrole nitrogens is 1. The Morgan fingerprint density at radius 1 is 0.902 bits per heavy atom. The number of nitrogens with zero attached hydrogens (tertiary/aromatic N) is 3. The highest BCUT2D eigenvalue weighted by atomic mass is 16.6. The van der Waals surface area contributed by atoms with Gasteiger partial charge in [0.15, 0.2) is 0 Å². The molecule has 1 spiro atoms. The molecule has 41 heavy (non-hydrogen) atoms. The summed E-state index contributed by atoms with van der Waals surface area (Å²) >= 11 is 0. The number of piperidine rings is 1. The van der Waals surface area contributed by atoms with E-state index in [2.05, 4.69) is 75.5 Å². The van der Waals surface area contributed by atoms with Gasteiger partial charge < -0.3 is 14.6 Å². The largest absolute Gasteiger partial charge is 0.353 e. The molecule has 7 heterocycles. The Hall–Kier alpha value is -2.73. The fraction of sp³-hybridized carbons (Fsp3) is 0.528. The fourth-order valence-corrected chi connectivity index (χ4v) is 10.2. The number of aromatic nitrogens is 2. The van der Waals surface area contributed by atoms with Crippen LogP contribution in [0.1, 0.15) is 69.9 Å². The zero-order chi connectivity index (χ0) is 27.1. The molecule has 3 saturated heterocycles. The van der Waals surface area contributed by atoms with Gasteiger partial charge in [-0.2, -0.15) is 0 Å². The van der Waals surface area contributed by atoms with E-state index in [0.29, 0.717) is 12.0 Å². The number of rotatable bonds is 1. The van der Waals surface area contributed by atoms with Crippen LogP contribution in [0.4, 0.5) is 0 Å². The van der Waals surface area contributed by atoms with Crippen LogP contribution >= 0.6 is 0 Å². The van der Waals surface area contributed by atoms with Crippen LogP contribution in [0.15, 0.2) is 66.9 Å². The molecule has 5 heteroatoms. The standard InChI is InChI=1S/C36H42N4O/c1-2-5-11-20-39-22-16-29-28(31-32-27(15-19-37-31)26-13-7-8-14-30(26)38-32)23-35(17-9-3-1)33-34(29,25-39)24-36(41-35)18-10-4-6-12-21-40(33)36/h1,3,7-8,10,13-15,18-19,23,29,33,38H,2,4-6,9,11-12,16-17,20-22,24-25H2/b3-1-,18-10-/t29?,33-,34-,35-,36+/m0/s1. The van der Waals surface area contributed by atoms with Crippen LogP contribution in [-0.4, -0.2) is 63.3 Å². The van der Waals surface area contributed by atoms with Crippen molar-refractivity contribution in [1.29, 1.82) is 0 Å². The first-order valence-electron chi connectivity index (χ1n) is 16.3. The Morgan fingerprint density at radius 3 is 2.76 bits per heavy atom. The molecular formula is C36H42N4O. The summed E-state index contributed by atoms with van der Waals surface area (Å²) in [5.41, 5.74) is 4.61. The summed E-state index contributed by atoms with van der Waals surface area (Å²) in [4.78, 5) is 14.7. The first kappa shape index (κ1) is 24.8. The van der Waals surface area contributed by atoms with Gasteiger partial charge in [-0.15, -0.1) is 0 Å². The maximum atomic E-state index is 7.55.